The molecule has 0 aliphatic carbocycles. The van der Waals surface area contributed by atoms with Gasteiger partial charge in [0.05, 0.1) is 22.7 Å². The van der Waals surface area contributed by atoms with E-state index < -0.39 is 0 Å². The van der Waals surface area contributed by atoms with E-state index in [1.54, 1.807) is 0 Å². The van der Waals surface area contributed by atoms with Gasteiger partial charge in [-0.15, -0.1) is 0 Å². The average Bonchev–Trinajstić information content (AvgIpc) is 3.61. The average molecular weight is 595 g/mol. The highest BCUT2D eigenvalue weighted by Crippen LogP contribution is 2.53. The van der Waals surface area contributed by atoms with E-state index in [0.29, 0.717) is 0 Å². The minimum atomic E-state index is 0.765. The van der Waals surface area contributed by atoms with Crippen LogP contribution in [0.5, 0.6) is 0 Å². The predicted octanol–water partition coefficient (Wildman–Crippen LogP) is 11.4. The standard InChI is InChI=1S/C40H26N4S/c1-2-13-29(14-3-1)43-35-18-8-10-20-37(35)44(38-21-11-9-19-36(38)43)30-24-22-27(23-25-30)40-41-39(42-45-40)34-26-28-12-4-5-15-31(28)32-16-6-7-17-33(32)34/h1-26H. The van der Waals surface area contributed by atoms with Gasteiger partial charge < -0.3 is 9.80 Å². The molecular formula is C40H26N4S. The Morgan fingerprint density at radius 2 is 0.956 bits per heavy atom. The maximum absolute atomic E-state index is 5.05. The first-order valence-electron chi connectivity index (χ1n) is 15.0. The highest BCUT2D eigenvalue weighted by atomic mass is 32.1. The summed E-state index contributed by atoms with van der Waals surface area (Å²) in [6.45, 7) is 0. The van der Waals surface area contributed by atoms with Crippen LogP contribution in [0.3, 0.4) is 0 Å². The Kier molecular flexibility index (Phi) is 5.96. The summed E-state index contributed by atoms with van der Waals surface area (Å²) in [5.41, 5.74) is 8.90. The molecule has 0 N–H and O–H groups in total. The van der Waals surface area contributed by atoms with Crippen LogP contribution in [0, 0.1) is 0 Å². The van der Waals surface area contributed by atoms with Crippen molar-refractivity contribution in [2.45, 2.75) is 0 Å². The Bertz CT molecular complexity index is 2300. The molecule has 0 atom stereocenters. The summed E-state index contributed by atoms with van der Waals surface area (Å²) in [5, 5.41) is 5.74. The lowest BCUT2D eigenvalue weighted by Crippen LogP contribution is -2.23. The highest BCUT2D eigenvalue weighted by Gasteiger charge is 2.30. The van der Waals surface area contributed by atoms with E-state index in [1.165, 1.54) is 33.1 Å². The summed E-state index contributed by atoms with van der Waals surface area (Å²) >= 11 is 1.45. The van der Waals surface area contributed by atoms with Gasteiger partial charge in [-0.25, -0.2) is 4.98 Å². The molecule has 8 aromatic rings. The number of fused-ring (bicyclic) bond motifs is 5. The molecule has 0 radical (unpaired) electrons. The summed E-state index contributed by atoms with van der Waals surface area (Å²) in [6.07, 6.45) is 0. The molecule has 9 rings (SSSR count). The van der Waals surface area contributed by atoms with Gasteiger partial charge in [-0.2, -0.15) is 4.37 Å². The largest absolute Gasteiger partial charge is 0.306 e. The van der Waals surface area contributed by atoms with E-state index in [9.17, 15) is 0 Å². The monoisotopic (exact) mass is 594 g/mol. The van der Waals surface area contributed by atoms with E-state index in [2.05, 4.69) is 168 Å². The summed E-state index contributed by atoms with van der Waals surface area (Å²) in [5.74, 6) is 0.765. The number of nitrogens with zero attached hydrogens (tertiary/aromatic N) is 4. The molecule has 0 saturated heterocycles. The van der Waals surface area contributed by atoms with Gasteiger partial charge in [0.1, 0.15) is 5.01 Å². The topological polar surface area (TPSA) is 32.3 Å². The first-order chi connectivity index (χ1) is 22.3. The molecule has 2 heterocycles. The molecule has 0 amide bonds. The van der Waals surface area contributed by atoms with Crippen molar-refractivity contribution in [3.05, 3.63) is 158 Å². The van der Waals surface area contributed by atoms with Crippen molar-refractivity contribution in [3.8, 4) is 22.0 Å². The van der Waals surface area contributed by atoms with Crippen LogP contribution in [-0.4, -0.2) is 9.36 Å². The number of rotatable bonds is 4. The molecule has 212 valence electrons. The SMILES string of the molecule is c1ccc(N2c3ccccc3N(c3ccc(-c4nc(-c5cc6ccccc6c6ccccc56)ns4)cc3)c3ccccc32)cc1. The molecule has 45 heavy (non-hydrogen) atoms. The van der Waals surface area contributed by atoms with Crippen LogP contribution >= 0.6 is 11.5 Å². The molecular weight excluding hydrogens is 569 g/mol. The molecule has 0 unspecified atom stereocenters. The number of hydrogen-bond acceptors (Lipinski definition) is 5. The minimum Gasteiger partial charge on any atom is -0.306 e. The molecule has 0 bridgehead atoms. The van der Waals surface area contributed by atoms with Gasteiger partial charge in [0.2, 0.25) is 0 Å². The van der Waals surface area contributed by atoms with E-state index in [0.717, 1.165) is 56.1 Å². The fourth-order valence-electron chi connectivity index (χ4n) is 6.52. The highest BCUT2D eigenvalue weighted by molar-refractivity contribution is 7.09. The third-order valence-corrected chi connectivity index (χ3v) is 9.31. The second-order valence-electron chi connectivity index (χ2n) is 11.1. The van der Waals surface area contributed by atoms with Crippen LogP contribution in [0.2, 0.25) is 0 Å². The van der Waals surface area contributed by atoms with E-state index in [-0.39, 0.29) is 0 Å². The van der Waals surface area contributed by atoms with E-state index in [1.807, 2.05) is 0 Å². The lowest BCUT2D eigenvalue weighted by atomic mass is 9.97. The van der Waals surface area contributed by atoms with Gasteiger partial charge >= 0.3 is 0 Å². The number of anilines is 6. The van der Waals surface area contributed by atoms with Crippen LogP contribution in [0.15, 0.2) is 158 Å². The van der Waals surface area contributed by atoms with Crippen LogP contribution < -0.4 is 9.80 Å². The van der Waals surface area contributed by atoms with Crippen LogP contribution in [-0.2, 0) is 0 Å². The van der Waals surface area contributed by atoms with Gasteiger partial charge in [-0.3, -0.25) is 0 Å². The minimum absolute atomic E-state index is 0.765. The third-order valence-electron chi connectivity index (χ3n) is 8.55. The van der Waals surface area contributed by atoms with Crippen molar-refractivity contribution >= 4 is 67.2 Å². The maximum atomic E-state index is 5.05. The molecule has 7 aromatic carbocycles. The number of aromatic nitrogens is 2. The van der Waals surface area contributed by atoms with E-state index >= 15 is 0 Å². The zero-order valence-corrected chi connectivity index (χ0v) is 25.0. The molecule has 5 heteroatoms. The predicted molar refractivity (Wildman–Crippen MR) is 189 cm³/mol. The molecule has 0 spiro atoms. The Balaban J connectivity index is 1.11. The van der Waals surface area contributed by atoms with Crippen LogP contribution in [0.25, 0.3) is 43.5 Å². The number of benzene rings is 7. The van der Waals surface area contributed by atoms with Crippen molar-refractivity contribution < 1.29 is 0 Å². The zero-order chi connectivity index (χ0) is 29.7. The Morgan fingerprint density at radius 3 is 1.60 bits per heavy atom. The lowest BCUT2D eigenvalue weighted by molar-refractivity contribution is 1.17. The Labute approximate surface area is 265 Å². The molecule has 0 saturated carbocycles. The third kappa shape index (κ3) is 4.20. The second kappa shape index (κ2) is 10.4. The first-order valence-corrected chi connectivity index (χ1v) is 15.8. The second-order valence-corrected chi connectivity index (χ2v) is 11.9. The van der Waals surface area contributed by atoms with Gasteiger partial charge in [0.15, 0.2) is 5.82 Å². The lowest BCUT2D eigenvalue weighted by Gasteiger charge is -2.40. The Morgan fingerprint density at radius 1 is 0.444 bits per heavy atom. The van der Waals surface area contributed by atoms with Gasteiger partial charge in [-0.05, 0) is 99.8 Å². The molecule has 0 fully saturated rings. The van der Waals surface area contributed by atoms with Crippen LogP contribution in [0.4, 0.5) is 34.1 Å². The van der Waals surface area contributed by atoms with Gasteiger partial charge in [0, 0.05) is 22.5 Å². The Hall–Kier alpha value is -5.78. The molecule has 1 aliphatic rings. The fourth-order valence-corrected chi connectivity index (χ4v) is 7.20. The number of hydrogen-bond donors (Lipinski definition) is 0. The van der Waals surface area contributed by atoms with E-state index in [4.69, 9.17) is 9.36 Å². The quantitative estimate of drug-likeness (QED) is 0.190. The first kappa shape index (κ1) is 25.7. The smallest absolute Gasteiger partial charge is 0.174 e. The summed E-state index contributed by atoms with van der Waals surface area (Å²) in [7, 11) is 0. The van der Waals surface area contributed by atoms with Crippen molar-refractivity contribution in [2.24, 2.45) is 0 Å². The van der Waals surface area contributed by atoms with Crippen molar-refractivity contribution in [1.29, 1.82) is 0 Å². The summed E-state index contributed by atoms with van der Waals surface area (Å²) < 4.78 is 4.84. The molecule has 4 nitrogen and oxygen atoms in total. The van der Waals surface area contributed by atoms with Crippen molar-refractivity contribution in [1.82, 2.24) is 9.36 Å². The molecule has 1 aromatic heterocycles. The number of para-hydroxylation sites is 5. The zero-order valence-electron chi connectivity index (χ0n) is 24.2. The molecule has 1 aliphatic heterocycles. The summed E-state index contributed by atoms with van der Waals surface area (Å²) in [4.78, 5) is 9.74. The van der Waals surface area contributed by atoms with Gasteiger partial charge in [0.25, 0.3) is 0 Å². The normalized spacial score (nSPS) is 12.4. The van der Waals surface area contributed by atoms with Crippen molar-refractivity contribution in [3.63, 3.8) is 0 Å². The van der Waals surface area contributed by atoms with Gasteiger partial charge in [-0.1, -0.05) is 91.0 Å². The fraction of sp³-hybridized carbons (Fsp3) is 0. The summed E-state index contributed by atoms with van der Waals surface area (Å²) in [6, 6.07) is 55.7. The van der Waals surface area contributed by atoms with Crippen LogP contribution in [0.1, 0.15) is 0 Å². The van der Waals surface area contributed by atoms with Crippen molar-refractivity contribution in [2.75, 3.05) is 9.80 Å². The maximum Gasteiger partial charge on any atom is 0.174 e.